The molecule has 3 N–H and O–H groups in total. The molecule has 0 radical (unpaired) electrons. The predicted molar refractivity (Wildman–Crippen MR) is 65.5 cm³/mol. The first-order valence-electron chi connectivity index (χ1n) is 5.47. The van der Waals surface area contributed by atoms with E-state index in [1.807, 2.05) is 18.3 Å². The Labute approximate surface area is 98.9 Å². The van der Waals surface area contributed by atoms with E-state index in [1.54, 1.807) is 0 Å². The van der Waals surface area contributed by atoms with Crippen molar-refractivity contribution in [2.24, 2.45) is 0 Å². The first kappa shape index (κ1) is 9.89. The largest absolute Gasteiger partial charge is 0.399 e. The van der Waals surface area contributed by atoms with Crippen molar-refractivity contribution in [3.8, 4) is 0 Å². The standard InChI is InChI=1S/C12H13N5/c13-11-2-1-10-7-17(4-3-9(10)5-11)8-12-6-14-16-15-12/h1-6H,7-8,13H2,(H,14,15,16). The van der Waals surface area contributed by atoms with Crippen LogP contribution in [0.2, 0.25) is 0 Å². The molecule has 0 saturated heterocycles. The van der Waals surface area contributed by atoms with Gasteiger partial charge in [0, 0.05) is 24.6 Å². The van der Waals surface area contributed by atoms with Gasteiger partial charge < -0.3 is 10.6 Å². The zero-order chi connectivity index (χ0) is 11.7. The highest BCUT2D eigenvalue weighted by molar-refractivity contribution is 5.60. The van der Waals surface area contributed by atoms with E-state index in [-0.39, 0.29) is 0 Å². The lowest BCUT2D eigenvalue weighted by Crippen LogP contribution is -2.19. The summed E-state index contributed by atoms with van der Waals surface area (Å²) < 4.78 is 0. The third kappa shape index (κ3) is 1.99. The fraction of sp³-hybridized carbons (Fsp3) is 0.167. The Morgan fingerprint density at radius 1 is 1.41 bits per heavy atom. The smallest absolute Gasteiger partial charge is 0.102 e. The number of aromatic nitrogens is 3. The van der Waals surface area contributed by atoms with Crippen LogP contribution in [0.15, 0.2) is 30.6 Å². The van der Waals surface area contributed by atoms with Crippen molar-refractivity contribution in [3.05, 3.63) is 47.4 Å². The fourth-order valence-corrected chi connectivity index (χ4v) is 1.99. The highest BCUT2D eigenvalue weighted by atomic mass is 15.3. The maximum atomic E-state index is 5.76. The Hall–Kier alpha value is -2.30. The Bertz CT molecular complexity index is 544. The number of nitrogen functional groups attached to an aromatic ring is 1. The summed E-state index contributed by atoms with van der Waals surface area (Å²) in [6.45, 7) is 1.63. The van der Waals surface area contributed by atoms with Gasteiger partial charge in [0.1, 0.15) is 5.69 Å². The van der Waals surface area contributed by atoms with E-state index in [0.717, 1.165) is 24.5 Å². The molecule has 2 heterocycles. The third-order valence-electron chi connectivity index (χ3n) is 2.84. The number of aromatic amines is 1. The van der Waals surface area contributed by atoms with Crippen LogP contribution in [0, 0.1) is 0 Å². The molecule has 1 aromatic carbocycles. The topological polar surface area (TPSA) is 70.8 Å². The van der Waals surface area contributed by atoms with Crippen molar-refractivity contribution in [3.63, 3.8) is 0 Å². The zero-order valence-corrected chi connectivity index (χ0v) is 9.30. The maximum absolute atomic E-state index is 5.76. The van der Waals surface area contributed by atoms with Crippen LogP contribution in [0.25, 0.3) is 6.08 Å². The van der Waals surface area contributed by atoms with Crippen molar-refractivity contribution >= 4 is 11.8 Å². The van der Waals surface area contributed by atoms with Gasteiger partial charge in [0.2, 0.25) is 0 Å². The molecule has 86 valence electrons. The van der Waals surface area contributed by atoms with Crippen molar-refractivity contribution in [2.45, 2.75) is 13.1 Å². The van der Waals surface area contributed by atoms with Crippen molar-refractivity contribution < 1.29 is 0 Å². The number of rotatable bonds is 2. The molecule has 0 saturated carbocycles. The molecule has 17 heavy (non-hydrogen) atoms. The molecule has 1 aromatic heterocycles. The van der Waals surface area contributed by atoms with Crippen molar-refractivity contribution in [1.29, 1.82) is 0 Å². The first-order chi connectivity index (χ1) is 8.31. The van der Waals surface area contributed by atoms with Gasteiger partial charge in [-0.2, -0.15) is 0 Å². The normalized spacial score (nSPS) is 13.8. The summed E-state index contributed by atoms with van der Waals surface area (Å²) >= 11 is 0. The fourth-order valence-electron chi connectivity index (χ4n) is 1.99. The zero-order valence-electron chi connectivity index (χ0n) is 9.30. The summed E-state index contributed by atoms with van der Waals surface area (Å²) in [7, 11) is 0. The Morgan fingerprint density at radius 2 is 2.35 bits per heavy atom. The molecule has 2 aromatic rings. The number of hydrogen-bond donors (Lipinski definition) is 2. The van der Waals surface area contributed by atoms with Gasteiger partial charge in [-0.05, 0) is 29.3 Å². The average molecular weight is 227 g/mol. The summed E-state index contributed by atoms with van der Waals surface area (Å²) in [5.41, 5.74) is 9.98. The monoisotopic (exact) mass is 227 g/mol. The van der Waals surface area contributed by atoms with Gasteiger partial charge in [0.05, 0.1) is 6.54 Å². The number of fused-ring (bicyclic) bond motifs is 1. The molecular formula is C12H13N5. The highest BCUT2D eigenvalue weighted by Gasteiger charge is 2.11. The van der Waals surface area contributed by atoms with Crippen LogP contribution in [-0.4, -0.2) is 20.3 Å². The second-order valence-electron chi connectivity index (χ2n) is 4.14. The molecule has 1 aliphatic rings. The van der Waals surface area contributed by atoms with Gasteiger partial charge in [-0.15, -0.1) is 5.10 Å². The Kier molecular flexibility index (Phi) is 2.29. The summed E-state index contributed by atoms with van der Waals surface area (Å²) in [6, 6.07) is 6.01. The summed E-state index contributed by atoms with van der Waals surface area (Å²) in [4.78, 5) is 2.19. The molecule has 0 aliphatic carbocycles. The van der Waals surface area contributed by atoms with Crippen LogP contribution >= 0.6 is 0 Å². The molecule has 0 bridgehead atoms. The van der Waals surface area contributed by atoms with E-state index in [2.05, 4.69) is 38.7 Å². The summed E-state index contributed by atoms with van der Waals surface area (Å²) in [5, 5.41) is 10.4. The lowest BCUT2D eigenvalue weighted by Gasteiger charge is -2.24. The number of H-pyrrole nitrogens is 1. The van der Waals surface area contributed by atoms with Crippen LogP contribution in [-0.2, 0) is 13.1 Å². The summed E-state index contributed by atoms with van der Waals surface area (Å²) in [6.07, 6.45) is 5.96. The molecular weight excluding hydrogens is 214 g/mol. The Morgan fingerprint density at radius 3 is 3.18 bits per heavy atom. The summed E-state index contributed by atoms with van der Waals surface area (Å²) in [5.74, 6) is 0. The van der Waals surface area contributed by atoms with Gasteiger partial charge in [0.25, 0.3) is 0 Å². The van der Waals surface area contributed by atoms with Gasteiger partial charge >= 0.3 is 0 Å². The SMILES string of the molecule is Nc1ccc2c(c1)C=CN(Cc1c[nH]nn1)C2. The Balaban J connectivity index is 1.79. The second kappa shape index (κ2) is 3.93. The number of nitrogens with two attached hydrogens (primary N) is 1. The minimum Gasteiger partial charge on any atom is -0.399 e. The number of benzene rings is 1. The molecule has 3 rings (SSSR count). The average Bonchev–Trinajstić information content (AvgIpc) is 2.82. The first-order valence-corrected chi connectivity index (χ1v) is 5.47. The van der Waals surface area contributed by atoms with E-state index in [1.165, 1.54) is 11.1 Å². The molecule has 0 fully saturated rings. The molecule has 0 unspecified atom stereocenters. The van der Waals surface area contributed by atoms with Gasteiger partial charge in [0.15, 0.2) is 0 Å². The van der Waals surface area contributed by atoms with E-state index >= 15 is 0 Å². The highest BCUT2D eigenvalue weighted by Crippen LogP contribution is 2.22. The second-order valence-corrected chi connectivity index (χ2v) is 4.14. The molecule has 5 heteroatoms. The van der Waals surface area contributed by atoms with Crippen LogP contribution in [0.3, 0.4) is 0 Å². The van der Waals surface area contributed by atoms with Crippen molar-refractivity contribution in [1.82, 2.24) is 20.3 Å². The van der Waals surface area contributed by atoms with E-state index in [9.17, 15) is 0 Å². The van der Waals surface area contributed by atoms with E-state index in [0.29, 0.717) is 0 Å². The minimum absolute atomic E-state index is 0.761. The lowest BCUT2D eigenvalue weighted by molar-refractivity contribution is 0.355. The molecule has 5 nitrogen and oxygen atoms in total. The number of anilines is 1. The van der Waals surface area contributed by atoms with E-state index in [4.69, 9.17) is 5.73 Å². The van der Waals surface area contributed by atoms with Crippen LogP contribution < -0.4 is 5.73 Å². The van der Waals surface area contributed by atoms with Crippen molar-refractivity contribution in [2.75, 3.05) is 5.73 Å². The van der Waals surface area contributed by atoms with Crippen LogP contribution in [0.4, 0.5) is 5.69 Å². The predicted octanol–water partition coefficient (Wildman–Crippen LogP) is 1.37. The molecule has 0 atom stereocenters. The van der Waals surface area contributed by atoms with E-state index < -0.39 is 0 Å². The number of nitrogens with one attached hydrogen (secondary N) is 1. The lowest BCUT2D eigenvalue weighted by atomic mass is 10.0. The maximum Gasteiger partial charge on any atom is 0.102 e. The van der Waals surface area contributed by atoms with Crippen LogP contribution in [0.1, 0.15) is 16.8 Å². The van der Waals surface area contributed by atoms with Gasteiger partial charge in [-0.3, -0.25) is 5.10 Å². The minimum atomic E-state index is 0.761. The van der Waals surface area contributed by atoms with Gasteiger partial charge in [-0.1, -0.05) is 11.3 Å². The van der Waals surface area contributed by atoms with Crippen LogP contribution in [0.5, 0.6) is 0 Å². The quantitative estimate of drug-likeness (QED) is 0.760. The number of hydrogen-bond acceptors (Lipinski definition) is 4. The molecule has 1 aliphatic heterocycles. The number of nitrogens with zero attached hydrogens (tertiary/aromatic N) is 3. The third-order valence-corrected chi connectivity index (χ3v) is 2.84. The van der Waals surface area contributed by atoms with Gasteiger partial charge in [-0.25, -0.2) is 0 Å². The molecule has 0 spiro atoms. The molecule has 0 amide bonds.